The summed E-state index contributed by atoms with van der Waals surface area (Å²) in [6, 6.07) is 23.3. The number of nitrogens with one attached hydrogen (secondary N) is 3. The number of ether oxygens (including phenoxy) is 2. The number of morpholine rings is 2. The third kappa shape index (κ3) is 9.14. The van der Waals surface area contributed by atoms with Gasteiger partial charge in [0.1, 0.15) is 32.4 Å². The SMILES string of the molecule is CS(=O)(=O)OCCNC(=O)c1c(=O)c2ccc(N3CCOCC3)nc2n2c1sc1ccccc12.O=C(NCCNC1CCC1)c1c(=O)c2ccc(N3CCOCC3)nc2n2c1sc1ccccc12. The van der Waals surface area contributed by atoms with E-state index in [0.717, 1.165) is 51.4 Å². The first-order valence-corrected chi connectivity index (χ1v) is 26.0. The van der Waals surface area contributed by atoms with Gasteiger partial charge in [-0.2, -0.15) is 8.42 Å². The summed E-state index contributed by atoms with van der Waals surface area (Å²) in [5.41, 5.74) is 2.35. The molecule has 2 aliphatic heterocycles. The van der Waals surface area contributed by atoms with Crippen molar-refractivity contribution in [2.75, 3.05) is 94.9 Å². The minimum absolute atomic E-state index is 0.00558. The summed E-state index contributed by atoms with van der Waals surface area (Å²) in [7, 11) is -3.62. The molecule has 0 radical (unpaired) electrons. The van der Waals surface area contributed by atoms with E-state index in [1.54, 1.807) is 12.1 Å². The lowest BCUT2D eigenvalue weighted by Crippen LogP contribution is -2.41. The number of aromatic nitrogens is 4. The Kier molecular flexibility index (Phi) is 13.1. The van der Waals surface area contributed by atoms with E-state index < -0.39 is 21.5 Å². The molecule has 1 aliphatic carbocycles. The number of rotatable bonds is 12. The van der Waals surface area contributed by atoms with E-state index in [4.69, 9.17) is 19.4 Å². The van der Waals surface area contributed by atoms with Crippen molar-refractivity contribution in [1.82, 2.24) is 34.7 Å². The average molecular weight is 980 g/mol. The smallest absolute Gasteiger partial charge is 0.264 e. The molecule has 2 aromatic carbocycles. The normalized spacial score (nSPS) is 15.8. The Labute approximate surface area is 397 Å². The maximum absolute atomic E-state index is 13.6. The van der Waals surface area contributed by atoms with Crippen molar-refractivity contribution in [2.24, 2.45) is 0 Å². The van der Waals surface area contributed by atoms with Gasteiger partial charge in [0.2, 0.25) is 10.9 Å². The fourth-order valence-corrected chi connectivity index (χ4v) is 11.4. The van der Waals surface area contributed by atoms with Crippen molar-refractivity contribution in [3.63, 3.8) is 0 Å². The lowest BCUT2D eigenvalue weighted by atomic mass is 9.93. The zero-order chi connectivity index (χ0) is 46.9. The highest BCUT2D eigenvalue weighted by Gasteiger charge is 2.26. The standard InChI is InChI=1S/C25H27N5O3S.C22H22N4O6S2/c31-22-17-8-9-20(29-12-14-33-15-13-29)28-23(17)30-18-6-1-2-7-19(18)34-25(30)21(22)24(32)27-11-10-26-16-4-3-5-16;1-34(29,30)32-11-8-23-21(28)18-19(27)14-6-7-17(25-9-12-31-13-10-25)24-20(14)26-15-4-2-3-5-16(15)33-22(18)26/h1-2,6-9,16,26H,3-5,10-15H2,(H,27,32);2-7H,8-13H2,1H3,(H,23,28). The van der Waals surface area contributed by atoms with Crippen molar-refractivity contribution < 1.29 is 31.7 Å². The quantitative estimate of drug-likeness (QED) is 0.115. The van der Waals surface area contributed by atoms with Crippen LogP contribution in [0.5, 0.6) is 0 Å². The third-order valence-corrected chi connectivity index (χ3v) is 15.2. The number of anilines is 2. The predicted molar refractivity (Wildman–Crippen MR) is 266 cm³/mol. The number of hydrogen-bond acceptors (Lipinski definition) is 16. The van der Waals surface area contributed by atoms with Crippen molar-refractivity contribution in [3.05, 3.63) is 104 Å². The lowest BCUT2D eigenvalue weighted by Gasteiger charge is -2.28. The molecule has 8 aromatic rings. The Morgan fingerprint density at radius 1 is 0.676 bits per heavy atom. The van der Waals surface area contributed by atoms with Gasteiger partial charge in [0.05, 0.1) is 70.5 Å². The average Bonchev–Trinajstić information content (AvgIpc) is 3.92. The zero-order valence-corrected chi connectivity index (χ0v) is 39.6. The number of benzene rings is 2. The first-order valence-electron chi connectivity index (χ1n) is 22.6. The molecule has 11 rings (SSSR count). The maximum atomic E-state index is 13.6. The number of fused-ring (bicyclic) bond motifs is 10. The molecule has 354 valence electrons. The first kappa shape index (κ1) is 45.7. The molecule has 3 fully saturated rings. The van der Waals surface area contributed by atoms with E-state index in [1.165, 1.54) is 41.9 Å². The van der Waals surface area contributed by atoms with Gasteiger partial charge in [-0.3, -0.25) is 32.2 Å². The second kappa shape index (κ2) is 19.5. The van der Waals surface area contributed by atoms with Crippen LogP contribution in [0.1, 0.15) is 40.0 Å². The number of amides is 2. The van der Waals surface area contributed by atoms with Crippen molar-refractivity contribution in [3.8, 4) is 0 Å². The third-order valence-electron chi connectivity index (χ3n) is 12.3. The molecule has 2 amide bonds. The molecule has 0 bridgehead atoms. The van der Waals surface area contributed by atoms with Crippen LogP contribution >= 0.6 is 22.7 Å². The Balaban J connectivity index is 0.000000159. The van der Waals surface area contributed by atoms with Crippen molar-refractivity contribution in [2.45, 2.75) is 25.3 Å². The highest BCUT2D eigenvalue weighted by atomic mass is 32.2. The molecular weight excluding hydrogens is 931 g/mol. The van der Waals surface area contributed by atoms with Gasteiger partial charge < -0.3 is 35.2 Å². The van der Waals surface area contributed by atoms with E-state index >= 15 is 0 Å². The summed E-state index contributed by atoms with van der Waals surface area (Å²) in [5, 5.41) is 9.79. The molecule has 6 aromatic heterocycles. The minimum Gasteiger partial charge on any atom is -0.378 e. The molecule has 1 saturated carbocycles. The van der Waals surface area contributed by atoms with Crippen LogP contribution in [0.4, 0.5) is 11.6 Å². The number of carbonyl (C=O) groups is 2. The van der Waals surface area contributed by atoms with Crippen LogP contribution in [-0.4, -0.2) is 130 Å². The first-order chi connectivity index (χ1) is 33.0. The zero-order valence-electron chi connectivity index (χ0n) is 37.2. The number of carbonyl (C=O) groups excluding carboxylic acids is 2. The van der Waals surface area contributed by atoms with E-state index in [2.05, 4.69) is 29.9 Å². The fourth-order valence-electron chi connectivity index (χ4n) is 8.69. The van der Waals surface area contributed by atoms with Crippen molar-refractivity contribution in [1.29, 1.82) is 0 Å². The molecule has 3 N–H and O–H groups in total. The Hall–Kier alpha value is -6.07. The molecule has 18 nitrogen and oxygen atoms in total. The Morgan fingerprint density at radius 3 is 1.60 bits per heavy atom. The van der Waals surface area contributed by atoms with Gasteiger partial charge in [0.25, 0.3) is 21.9 Å². The molecule has 2 saturated heterocycles. The second-order valence-electron chi connectivity index (χ2n) is 16.7. The number of nitrogens with zero attached hydrogens (tertiary/aromatic N) is 6. The summed E-state index contributed by atoms with van der Waals surface area (Å²) < 4.78 is 43.6. The Bertz CT molecular complexity index is 3460. The van der Waals surface area contributed by atoms with Crippen LogP contribution in [0, 0.1) is 0 Å². The van der Waals surface area contributed by atoms with Crippen LogP contribution in [0.15, 0.2) is 82.4 Å². The topological polar surface area (TPSA) is 207 Å². The van der Waals surface area contributed by atoms with E-state index in [0.29, 0.717) is 90.4 Å². The maximum Gasteiger partial charge on any atom is 0.264 e. The predicted octanol–water partition coefficient (Wildman–Crippen LogP) is 4.38. The van der Waals surface area contributed by atoms with E-state index in [-0.39, 0.29) is 35.6 Å². The monoisotopic (exact) mass is 979 g/mol. The molecule has 0 atom stereocenters. The summed E-state index contributed by atoms with van der Waals surface area (Å²) in [6.45, 7) is 6.37. The van der Waals surface area contributed by atoms with Crippen LogP contribution in [-0.2, 0) is 23.8 Å². The largest absolute Gasteiger partial charge is 0.378 e. The lowest BCUT2D eigenvalue weighted by molar-refractivity contribution is 0.0942. The summed E-state index contributed by atoms with van der Waals surface area (Å²) in [5.74, 6) is 0.641. The van der Waals surface area contributed by atoms with E-state index in [1.807, 2.05) is 69.5 Å². The highest BCUT2D eigenvalue weighted by Crippen LogP contribution is 2.33. The highest BCUT2D eigenvalue weighted by molar-refractivity contribution is 7.86. The molecule has 3 aliphatic rings. The fraction of sp³-hybridized carbons (Fsp3) is 0.362. The molecule has 68 heavy (non-hydrogen) atoms. The Morgan fingerprint density at radius 2 is 1.15 bits per heavy atom. The van der Waals surface area contributed by atoms with Gasteiger partial charge in [0.15, 0.2) is 11.3 Å². The number of para-hydroxylation sites is 2. The van der Waals surface area contributed by atoms with Crippen LogP contribution in [0.25, 0.3) is 52.2 Å². The van der Waals surface area contributed by atoms with Crippen LogP contribution < -0.4 is 36.6 Å². The number of pyridine rings is 4. The minimum atomic E-state index is -3.62. The van der Waals surface area contributed by atoms with Crippen LogP contribution in [0.2, 0.25) is 0 Å². The molecular formula is C47H49N9O9S3. The van der Waals surface area contributed by atoms with Gasteiger partial charge in [-0.05, 0) is 61.4 Å². The van der Waals surface area contributed by atoms with E-state index in [9.17, 15) is 27.6 Å². The number of hydrogen-bond donors (Lipinski definition) is 3. The summed E-state index contributed by atoms with van der Waals surface area (Å²) >= 11 is 2.79. The van der Waals surface area contributed by atoms with Gasteiger partial charge in [-0.25, -0.2) is 9.97 Å². The van der Waals surface area contributed by atoms with Gasteiger partial charge in [0, 0.05) is 51.9 Å². The van der Waals surface area contributed by atoms with Gasteiger partial charge in [-0.1, -0.05) is 30.7 Å². The van der Waals surface area contributed by atoms with Crippen molar-refractivity contribution >= 4 is 108 Å². The van der Waals surface area contributed by atoms with Gasteiger partial charge >= 0.3 is 0 Å². The molecule has 21 heteroatoms. The summed E-state index contributed by atoms with van der Waals surface area (Å²) in [6.07, 6.45) is 4.59. The second-order valence-corrected chi connectivity index (χ2v) is 20.4. The van der Waals surface area contributed by atoms with Gasteiger partial charge in [-0.15, -0.1) is 22.7 Å². The summed E-state index contributed by atoms with van der Waals surface area (Å²) in [4.78, 5) is 68.5. The number of thiazole rings is 2. The van der Waals surface area contributed by atoms with Crippen LogP contribution in [0.3, 0.4) is 0 Å². The molecule has 0 unspecified atom stereocenters. The molecule has 8 heterocycles. The molecule has 0 spiro atoms.